The highest BCUT2D eigenvalue weighted by Crippen LogP contribution is 2.10. The van der Waals surface area contributed by atoms with E-state index in [4.69, 9.17) is 5.26 Å². The van der Waals surface area contributed by atoms with E-state index in [0.29, 0.717) is 12.0 Å². The number of likely N-dealkylation sites (tertiary alicyclic amines) is 1. The first kappa shape index (κ1) is 16.5. The van der Waals surface area contributed by atoms with Gasteiger partial charge in [-0.1, -0.05) is 12.1 Å². The summed E-state index contributed by atoms with van der Waals surface area (Å²) in [7, 11) is 0. The van der Waals surface area contributed by atoms with Gasteiger partial charge >= 0.3 is 0 Å². The molecular formula is C15H20ClN3O. The second kappa shape index (κ2) is 7.88. The molecule has 108 valence electrons. The number of amides is 1. The Labute approximate surface area is 126 Å². The molecular weight excluding hydrogens is 274 g/mol. The van der Waals surface area contributed by atoms with E-state index in [-0.39, 0.29) is 24.4 Å². The molecule has 0 bridgehead atoms. The van der Waals surface area contributed by atoms with Crippen molar-refractivity contribution in [1.29, 1.82) is 5.26 Å². The molecule has 1 amide bonds. The summed E-state index contributed by atoms with van der Waals surface area (Å²) in [5.41, 5.74) is 1.78. The van der Waals surface area contributed by atoms with Crippen LogP contribution >= 0.6 is 12.4 Å². The van der Waals surface area contributed by atoms with Gasteiger partial charge in [0, 0.05) is 32.1 Å². The normalized spacial score (nSPS) is 15.6. The first-order valence-electron chi connectivity index (χ1n) is 6.69. The molecule has 1 fully saturated rings. The molecule has 1 aromatic carbocycles. The van der Waals surface area contributed by atoms with Gasteiger partial charge in [-0.05, 0) is 31.0 Å². The van der Waals surface area contributed by atoms with Gasteiger partial charge in [0.15, 0.2) is 0 Å². The van der Waals surface area contributed by atoms with Crippen molar-refractivity contribution in [3.63, 3.8) is 0 Å². The van der Waals surface area contributed by atoms with Crippen LogP contribution in [0.2, 0.25) is 0 Å². The third-order valence-electron chi connectivity index (χ3n) is 3.38. The first-order valence-corrected chi connectivity index (χ1v) is 6.69. The topological polar surface area (TPSA) is 56.1 Å². The number of benzene rings is 1. The number of rotatable bonds is 5. The van der Waals surface area contributed by atoms with Gasteiger partial charge in [0.05, 0.1) is 11.6 Å². The number of carbonyl (C=O) groups is 1. The van der Waals surface area contributed by atoms with Crippen molar-refractivity contribution < 1.29 is 4.79 Å². The lowest BCUT2D eigenvalue weighted by Crippen LogP contribution is -2.39. The molecule has 0 spiro atoms. The molecule has 1 atom stereocenters. The van der Waals surface area contributed by atoms with Crippen molar-refractivity contribution in [2.75, 3.05) is 13.1 Å². The summed E-state index contributed by atoms with van der Waals surface area (Å²) in [6.07, 6.45) is 1.67. The van der Waals surface area contributed by atoms with E-state index in [2.05, 4.69) is 18.3 Å². The van der Waals surface area contributed by atoms with Crippen LogP contribution in [0.4, 0.5) is 0 Å². The molecule has 20 heavy (non-hydrogen) atoms. The average molecular weight is 294 g/mol. The molecule has 1 N–H and O–H groups in total. The minimum Gasteiger partial charge on any atom is -0.341 e. The van der Waals surface area contributed by atoms with Crippen molar-refractivity contribution >= 4 is 18.3 Å². The number of halogens is 1. The average Bonchev–Trinajstić information content (AvgIpc) is 2.82. The molecule has 0 aromatic heterocycles. The molecule has 1 aliphatic heterocycles. The molecule has 1 aliphatic rings. The lowest BCUT2D eigenvalue weighted by molar-refractivity contribution is -0.127. The van der Waals surface area contributed by atoms with Crippen LogP contribution in [-0.2, 0) is 11.3 Å². The van der Waals surface area contributed by atoms with Crippen LogP contribution in [0.3, 0.4) is 0 Å². The first-order chi connectivity index (χ1) is 9.19. The second-order valence-corrected chi connectivity index (χ2v) is 5.04. The monoisotopic (exact) mass is 293 g/mol. The van der Waals surface area contributed by atoms with Crippen molar-refractivity contribution in [1.82, 2.24) is 10.2 Å². The van der Waals surface area contributed by atoms with Gasteiger partial charge in [-0.25, -0.2) is 0 Å². The second-order valence-electron chi connectivity index (χ2n) is 5.04. The Kier molecular flexibility index (Phi) is 6.50. The summed E-state index contributed by atoms with van der Waals surface area (Å²) in [6, 6.07) is 9.98. The van der Waals surface area contributed by atoms with Crippen LogP contribution in [0.25, 0.3) is 0 Å². The van der Waals surface area contributed by atoms with Gasteiger partial charge in [-0.15, -0.1) is 12.4 Å². The standard InChI is InChI=1S/C15H19N3O.ClH/c1-12(11-18-7-3-6-15(18)19)17-10-14-5-2-4-13(8-14)9-16;/h2,4-5,8,12,17H,3,6-7,10-11H2,1H3;1H. The van der Waals surface area contributed by atoms with E-state index in [1.807, 2.05) is 23.1 Å². The van der Waals surface area contributed by atoms with Gasteiger partial charge in [0.25, 0.3) is 0 Å². The Balaban J connectivity index is 0.00000200. The Hall–Kier alpha value is -1.57. The Morgan fingerprint density at radius 2 is 2.30 bits per heavy atom. The largest absolute Gasteiger partial charge is 0.341 e. The molecule has 2 rings (SSSR count). The molecule has 0 saturated carbocycles. The number of nitrogens with zero attached hydrogens (tertiary/aromatic N) is 2. The highest BCUT2D eigenvalue weighted by atomic mass is 35.5. The van der Waals surface area contributed by atoms with E-state index in [1.54, 1.807) is 6.07 Å². The van der Waals surface area contributed by atoms with Gasteiger partial charge in [-0.2, -0.15) is 5.26 Å². The van der Waals surface area contributed by atoms with Crippen LogP contribution in [0.1, 0.15) is 30.9 Å². The quantitative estimate of drug-likeness (QED) is 0.904. The molecule has 4 nitrogen and oxygen atoms in total. The molecule has 5 heteroatoms. The number of carbonyl (C=O) groups excluding carboxylic acids is 1. The van der Waals surface area contributed by atoms with Crippen LogP contribution < -0.4 is 5.32 Å². The molecule has 0 radical (unpaired) electrons. The maximum Gasteiger partial charge on any atom is 0.222 e. The SMILES string of the molecule is CC(CN1CCCC1=O)NCc1cccc(C#N)c1.Cl. The zero-order valence-corrected chi connectivity index (χ0v) is 12.4. The summed E-state index contributed by atoms with van der Waals surface area (Å²) < 4.78 is 0. The number of hydrogen-bond donors (Lipinski definition) is 1. The zero-order valence-electron chi connectivity index (χ0n) is 11.6. The van der Waals surface area contributed by atoms with E-state index in [0.717, 1.165) is 31.6 Å². The third kappa shape index (κ3) is 4.52. The van der Waals surface area contributed by atoms with Crippen LogP contribution in [0.5, 0.6) is 0 Å². The molecule has 1 unspecified atom stereocenters. The zero-order chi connectivity index (χ0) is 13.7. The Morgan fingerprint density at radius 3 is 2.95 bits per heavy atom. The fourth-order valence-corrected chi connectivity index (χ4v) is 2.34. The van der Waals surface area contributed by atoms with Crippen molar-refractivity contribution in [2.24, 2.45) is 0 Å². The van der Waals surface area contributed by atoms with Gasteiger partial charge in [-0.3, -0.25) is 4.79 Å². The van der Waals surface area contributed by atoms with Crippen molar-refractivity contribution in [2.45, 2.75) is 32.4 Å². The highest BCUT2D eigenvalue weighted by Gasteiger charge is 2.21. The maximum atomic E-state index is 11.5. The fourth-order valence-electron chi connectivity index (χ4n) is 2.34. The van der Waals surface area contributed by atoms with Crippen LogP contribution in [-0.4, -0.2) is 29.9 Å². The van der Waals surface area contributed by atoms with Crippen LogP contribution in [0, 0.1) is 11.3 Å². The predicted octanol–water partition coefficient (Wildman–Crippen LogP) is 2.08. The van der Waals surface area contributed by atoms with E-state index in [1.165, 1.54) is 0 Å². The molecule has 0 aliphatic carbocycles. The van der Waals surface area contributed by atoms with E-state index in [9.17, 15) is 4.79 Å². The fraction of sp³-hybridized carbons (Fsp3) is 0.467. The summed E-state index contributed by atoms with van der Waals surface area (Å²) >= 11 is 0. The molecule has 1 aromatic rings. The number of hydrogen-bond acceptors (Lipinski definition) is 3. The summed E-state index contributed by atoms with van der Waals surface area (Å²) in [5, 5.41) is 12.2. The summed E-state index contributed by atoms with van der Waals surface area (Å²) in [5.74, 6) is 0.264. The minimum atomic E-state index is 0. The van der Waals surface area contributed by atoms with Gasteiger partial charge in [0.1, 0.15) is 0 Å². The van der Waals surface area contributed by atoms with Gasteiger partial charge < -0.3 is 10.2 Å². The van der Waals surface area contributed by atoms with Crippen molar-refractivity contribution in [3.05, 3.63) is 35.4 Å². The smallest absolute Gasteiger partial charge is 0.222 e. The third-order valence-corrected chi connectivity index (χ3v) is 3.38. The summed E-state index contributed by atoms with van der Waals surface area (Å²) in [6.45, 7) is 4.45. The Bertz CT molecular complexity index is 498. The van der Waals surface area contributed by atoms with Crippen molar-refractivity contribution in [3.8, 4) is 6.07 Å². The highest BCUT2D eigenvalue weighted by molar-refractivity contribution is 5.85. The maximum absolute atomic E-state index is 11.5. The van der Waals surface area contributed by atoms with Gasteiger partial charge in [0.2, 0.25) is 5.91 Å². The minimum absolute atomic E-state index is 0. The van der Waals surface area contributed by atoms with E-state index < -0.39 is 0 Å². The van der Waals surface area contributed by atoms with E-state index >= 15 is 0 Å². The lowest BCUT2D eigenvalue weighted by atomic mass is 10.1. The molecule has 1 saturated heterocycles. The lowest BCUT2D eigenvalue weighted by Gasteiger charge is -2.21. The predicted molar refractivity (Wildman–Crippen MR) is 80.5 cm³/mol. The summed E-state index contributed by atoms with van der Waals surface area (Å²) in [4.78, 5) is 13.4. The number of nitrogens with one attached hydrogen (secondary N) is 1. The number of nitriles is 1. The molecule has 1 heterocycles. The Morgan fingerprint density at radius 1 is 1.50 bits per heavy atom. The van der Waals surface area contributed by atoms with Crippen LogP contribution in [0.15, 0.2) is 24.3 Å².